The van der Waals surface area contributed by atoms with Crippen LogP contribution in [0.4, 0.5) is 17.1 Å². The molecule has 230 valence electrons. The molecule has 0 spiro atoms. The molecule has 2 nitrogen and oxygen atoms in total. The number of anilines is 3. The van der Waals surface area contributed by atoms with E-state index >= 15 is 0 Å². The molecule has 8 aromatic carbocycles. The summed E-state index contributed by atoms with van der Waals surface area (Å²) in [6.45, 7) is 0. The number of hydrogen-bond acceptors (Lipinski definition) is 3. The van der Waals surface area contributed by atoms with Gasteiger partial charge in [-0.2, -0.15) is 0 Å². The molecule has 0 bridgehead atoms. The zero-order valence-corrected chi connectivity index (χ0v) is 27.3. The van der Waals surface area contributed by atoms with Crippen molar-refractivity contribution in [3.05, 3.63) is 176 Å². The van der Waals surface area contributed by atoms with Crippen LogP contribution in [0, 0.1) is 0 Å². The molecule has 0 unspecified atom stereocenters. The van der Waals surface area contributed by atoms with E-state index in [9.17, 15) is 0 Å². The van der Waals surface area contributed by atoms with Gasteiger partial charge in [0, 0.05) is 47.6 Å². The molecule has 10 aromatic rings. The van der Waals surface area contributed by atoms with Gasteiger partial charge in [0.15, 0.2) is 0 Å². The van der Waals surface area contributed by atoms with Crippen LogP contribution in [0.2, 0.25) is 0 Å². The molecular weight excluding hydrogens is 615 g/mol. The van der Waals surface area contributed by atoms with E-state index in [4.69, 9.17) is 4.42 Å². The van der Waals surface area contributed by atoms with E-state index in [0.717, 1.165) is 55.5 Å². The van der Waals surface area contributed by atoms with Crippen LogP contribution in [0.1, 0.15) is 0 Å². The van der Waals surface area contributed by atoms with Crippen molar-refractivity contribution in [2.45, 2.75) is 0 Å². The van der Waals surface area contributed by atoms with Crippen molar-refractivity contribution in [3.63, 3.8) is 0 Å². The maximum absolute atomic E-state index is 6.64. The van der Waals surface area contributed by atoms with Gasteiger partial charge in [-0.15, -0.1) is 11.3 Å². The molecule has 3 heteroatoms. The van der Waals surface area contributed by atoms with Gasteiger partial charge in [-0.05, 0) is 70.6 Å². The fourth-order valence-electron chi connectivity index (χ4n) is 7.46. The standard InChI is InChI=1S/C46H29NOS/c1-2-12-30(13-3-1)31-24-27-33(28-25-31)47(40-20-11-23-43-45(40)37-17-7-9-22-42(37)49-43)39-19-8-6-16-35(39)36-18-10-21-41-44(36)38-29-26-32-14-4-5-15-34(32)46(38)48-41/h1-29H. The summed E-state index contributed by atoms with van der Waals surface area (Å²) in [5.74, 6) is 0. The third kappa shape index (κ3) is 4.47. The molecule has 0 saturated carbocycles. The predicted octanol–water partition coefficient (Wildman–Crippen LogP) is 13.9. The van der Waals surface area contributed by atoms with Crippen molar-refractivity contribution >= 4 is 81.3 Å². The molecule has 0 amide bonds. The van der Waals surface area contributed by atoms with Crippen molar-refractivity contribution in [1.82, 2.24) is 0 Å². The van der Waals surface area contributed by atoms with E-state index in [-0.39, 0.29) is 0 Å². The second kappa shape index (κ2) is 11.2. The number of hydrogen-bond donors (Lipinski definition) is 0. The Balaban J connectivity index is 1.25. The average Bonchev–Trinajstić information content (AvgIpc) is 3.75. The molecule has 0 aliphatic carbocycles. The lowest BCUT2D eigenvalue weighted by Gasteiger charge is -2.29. The van der Waals surface area contributed by atoms with Crippen LogP contribution in [-0.4, -0.2) is 0 Å². The number of nitrogens with zero attached hydrogens (tertiary/aromatic N) is 1. The quantitative estimate of drug-likeness (QED) is 0.186. The minimum Gasteiger partial charge on any atom is -0.455 e. The van der Waals surface area contributed by atoms with Crippen molar-refractivity contribution in [3.8, 4) is 22.3 Å². The highest BCUT2D eigenvalue weighted by Gasteiger charge is 2.23. The molecule has 0 saturated heterocycles. The van der Waals surface area contributed by atoms with Gasteiger partial charge in [-0.3, -0.25) is 0 Å². The van der Waals surface area contributed by atoms with Crippen LogP contribution in [0.5, 0.6) is 0 Å². The second-order valence-electron chi connectivity index (χ2n) is 12.5. The molecule has 0 atom stereocenters. The number of fused-ring (bicyclic) bond motifs is 8. The first-order valence-corrected chi connectivity index (χ1v) is 17.4. The summed E-state index contributed by atoms with van der Waals surface area (Å²) in [7, 11) is 0. The lowest BCUT2D eigenvalue weighted by atomic mass is 9.95. The Bertz CT molecular complexity index is 2830. The zero-order chi connectivity index (χ0) is 32.3. The molecule has 0 aliphatic heterocycles. The number of rotatable bonds is 5. The maximum Gasteiger partial charge on any atom is 0.143 e. The summed E-state index contributed by atoms with van der Waals surface area (Å²) < 4.78 is 9.20. The van der Waals surface area contributed by atoms with Gasteiger partial charge in [-0.1, -0.05) is 127 Å². The molecule has 0 N–H and O–H groups in total. The summed E-state index contributed by atoms with van der Waals surface area (Å²) in [6.07, 6.45) is 0. The topological polar surface area (TPSA) is 16.4 Å². The molecule has 0 radical (unpaired) electrons. The summed E-state index contributed by atoms with van der Waals surface area (Å²) in [6, 6.07) is 63.2. The SMILES string of the molecule is c1ccc(-c2ccc(N(c3ccccc3-c3cccc4oc5c6ccccc6ccc5c34)c3cccc4sc5ccccc5c34)cc2)cc1. The van der Waals surface area contributed by atoms with Crippen molar-refractivity contribution < 1.29 is 4.42 Å². The Labute approximate surface area is 287 Å². The van der Waals surface area contributed by atoms with Crippen molar-refractivity contribution in [2.75, 3.05) is 4.90 Å². The highest BCUT2D eigenvalue weighted by Crippen LogP contribution is 2.49. The summed E-state index contributed by atoms with van der Waals surface area (Å²) in [5, 5.41) is 7.11. The minimum absolute atomic E-state index is 0.892. The molecule has 0 fully saturated rings. The number of benzene rings is 8. The molecule has 0 aliphatic rings. The van der Waals surface area contributed by atoms with Gasteiger partial charge in [0.05, 0.1) is 11.4 Å². The molecule has 2 heterocycles. The Hall–Kier alpha value is -6.16. The molecule has 49 heavy (non-hydrogen) atoms. The van der Waals surface area contributed by atoms with Gasteiger partial charge in [0.2, 0.25) is 0 Å². The summed E-state index contributed by atoms with van der Waals surface area (Å²) in [5.41, 5.74) is 9.89. The van der Waals surface area contributed by atoms with Gasteiger partial charge in [0.25, 0.3) is 0 Å². The van der Waals surface area contributed by atoms with Gasteiger partial charge in [-0.25, -0.2) is 0 Å². The number of para-hydroxylation sites is 1. The zero-order valence-electron chi connectivity index (χ0n) is 26.5. The van der Waals surface area contributed by atoms with E-state index in [1.807, 2.05) is 11.3 Å². The molecular formula is C46H29NOS. The minimum atomic E-state index is 0.892. The first-order valence-electron chi connectivity index (χ1n) is 16.6. The van der Waals surface area contributed by atoms with Gasteiger partial charge in [0.1, 0.15) is 11.2 Å². The normalized spacial score (nSPS) is 11.7. The first-order chi connectivity index (χ1) is 24.3. The van der Waals surface area contributed by atoms with Crippen LogP contribution in [0.25, 0.3) is 75.1 Å². The lowest BCUT2D eigenvalue weighted by Crippen LogP contribution is -2.11. The van der Waals surface area contributed by atoms with Crippen LogP contribution in [0.3, 0.4) is 0 Å². The Morgan fingerprint density at radius 2 is 1.08 bits per heavy atom. The summed E-state index contributed by atoms with van der Waals surface area (Å²) >= 11 is 1.85. The first kappa shape index (κ1) is 27.9. The summed E-state index contributed by atoms with van der Waals surface area (Å²) in [4.78, 5) is 2.45. The Morgan fingerprint density at radius 1 is 0.408 bits per heavy atom. The maximum atomic E-state index is 6.64. The van der Waals surface area contributed by atoms with Gasteiger partial charge >= 0.3 is 0 Å². The average molecular weight is 644 g/mol. The molecule has 10 rings (SSSR count). The third-order valence-electron chi connectivity index (χ3n) is 9.68. The Kier molecular flexibility index (Phi) is 6.39. The second-order valence-corrected chi connectivity index (χ2v) is 13.5. The van der Waals surface area contributed by atoms with Crippen LogP contribution < -0.4 is 4.90 Å². The van der Waals surface area contributed by atoms with Crippen molar-refractivity contribution in [2.24, 2.45) is 0 Å². The van der Waals surface area contributed by atoms with Gasteiger partial charge < -0.3 is 9.32 Å². The van der Waals surface area contributed by atoms with E-state index < -0.39 is 0 Å². The smallest absolute Gasteiger partial charge is 0.143 e. The van der Waals surface area contributed by atoms with Crippen molar-refractivity contribution in [1.29, 1.82) is 0 Å². The van der Waals surface area contributed by atoms with Crippen LogP contribution >= 0.6 is 11.3 Å². The monoisotopic (exact) mass is 643 g/mol. The van der Waals surface area contributed by atoms with E-state index in [0.29, 0.717) is 0 Å². The van der Waals surface area contributed by atoms with Crippen LogP contribution in [0.15, 0.2) is 180 Å². The van der Waals surface area contributed by atoms with E-state index in [1.54, 1.807) is 0 Å². The third-order valence-corrected chi connectivity index (χ3v) is 10.8. The predicted molar refractivity (Wildman–Crippen MR) is 210 cm³/mol. The number of furan rings is 1. The van der Waals surface area contributed by atoms with Crippen LogP contribution in [-0.2, 0) is 0 Å². The van der Waals surface area contributed by atoms with E-state index in [2.05, 4.69) is 181 Å². The highest BCUT2D eigenvalue weighted by atomic mass is 32.1. The fraction of sp³-hybridized carbons (Fsp3) is 0. The van der Waals surface area contributed by atoms with E-state index in [1.165, 1.54) is 36.7 Å². The molecule has 2 aromatic heterocycles. The largest absolute Gasteiger partial charge is 0.455 e. The number of thiophene rings is 1. The lowest BCUT2D eigenvalue weighted by molar-refractivity contribution is 0.673. The Morgan fingerprint density at radius 3 is 1.98 bits per heavy atom. The highest BCUT2D eigenvalue weighted by molar-refractivity contribution is 7.26. The fourth-order valence-corrected chi connectivity index (χ4v) is 8.59.